The van der Waals surface area contributed by atoms with Crippen molar-refractivity contribution in [3.63, 3.8) is 0 Å². The molecule has 2 aliphatic rings. The van der Waals surface area contributed by atoms with Crippen LogP contribution < -0.4 is 14.8 Å². The lowest BCUT2D eigenvalue weighted by atomic mass is 10.1. The fourth-order valence-electron chi connectivity index (χ4n) is 3.91. The van der Waals surface area contributed by atoms with E-state index in [1.807, 2.05) is 32.4 Å². The molecule has 3 heterocycles. The Morgan fingerprint density at radius 2 is 2.06 bits per heavy atom. The van der Waals surface area contributed by atoms with Gasteiger partial charge in [-0.2, -0.15) is 0 Å². The van der Waals surface area contributed by atoms with Gasteiger partial charge in [-0.15, -0.1) is 0 Å². The molecule has 0 bridgehead atoms. The normalized spacial score (nSPS) is 20.1. The number of methoxy groups -OCH3 is 1. The Hall–Kier alpha value is -3.20. The highest BCUT2D eigenvalue weighted by molar-refractivity contribution is 5.99. The van der Waals surface area contributed by atoms with Crippen LogP contribution in [0.5, 0.6) is 11.8 Å². The number of nitrogens with zero attached hydrogens (tertiary/aromatic N) is 4. The number of hydrogen-bond donors (Lipinski definition) is 2. The van der Waals surface area contributed by atoms with Crippen molar-refractivity contribution in [1.29, 1.82) is 0 Å². The van der Waals surface area contributed by atoms with Gasteiger partial charge in [-0.05, 0) is 51.4 Å². The molecular formula is C22H26N6O3. The van der Waals surface area contributed by atoms with Crippen molar-refractivity contribution in [2.24, 2.45) is 11.8 Å². The zero-order valence-corrected chi connectivity index (χ0v) is 17.9. The molecule has 2 atom stereocenters. The van der Waals surface area contributed by atoms with Crippen LogP contribution in [0.3, 0.4) is 0 Å². The number of hydrogen-bond acceptors (Lipinski definition) is 7. The first-order valence-electron chi connectivity index (χ1n) is 10.5. The number of ether oxygens (including phenoxy) is 2. The van der Waals surface area contributed by atoms with Crippen molar-refractivity contribution >= 4 is 22.8 Å². The molecule has 9 heteroatoms. The summed E-state index contributed by atoms with van der Waals surface area (Å²) < 4.78 is 11.5. The molecule has 9 nitrogen and oxygen atoms in total. The summed E-state index contributed by atoms with van der Waals surface area (Å²) in [6.45, 7) is 0.927. The topological polar surface area (TPSA) is 105 Å². The van der Waals surface area contributed by atoms with Crippen LogP contribution in [-0.2, 0) is 4.79 Å². The van der Waals surface area contributed by atoms with Crippen molar-refractivity contribution in [1.82, 2.24) is 24.8 Å². The molecule has 3 aromatic rings. The molecule has 0 aliphatic heterocycles. The van der Waals surface area contributed by atoms with E-state index in [4.69, 9.17) is 9.47 Å². The smallest absolute Gasteiger partial charge is 0.228 e. The third kappa shape index (κ3) is 4.05. The summed E-state index contributed by atoms with van der Waals surface area (Å²) in [4.78, 5) is 31.0. The molecule has 0 radical (unpaired) electrons. The van der Waals surface area contributed by atoms with Crippen molar-refractivity contribution in [3.05, 3.63) is 24.7 Å². The van der Waals surface area contributed by atoms with Crippen LogP contribution in [0.4, 0.5) is 5.82 Å². The minimum absolute atomic E-state index is 0.0312. The van der Waals surface area contributed by atoms with Gasteiger partial charge in [-0.1, -0.05) is 0 Å². The quantitative estimate of drug-likeness (QED) is 0.575. The first-order valence-corrected chi connectivity index (χ1v) is 10.5. The molecule has 5 rings (SSSR count). The molecular weight excluding hydrogens is 396 g/mol. The number of fused-ring (bicyclic) bond motifs is 1. The van der Waals surface area contributed by atoms with Gasteiger partial charge in [0.05, 0.1) is 7.11 Å². The van der Waals surface area contributed by atoms with Gasteiger partial charge in [0, 0.05) is 29.6 Å². The Balaban J connectivity index is 1.40. The highest BCUT2D eigenvalue weighted by atomic mass is 16.5. The number of carbonyl (C=O) groups is 1. The third-order valence-electron chi connectivity index (χ3n) is 5.69. The second kappa shape index (κ2) is 7.81. The van der Waals surface area contributed by atoms with E-state index in [-0.39, 0.29) is 17.9 Å². The van der Waals surface area contributed by atoms with Gasteiger partial charge in [0.2, 0.25) is 17.7 Å². The lowest BCUT2D eigenvalue weighted by molar-refractivity contribution is -0.117. The summed E-state index contributed by atoms with van der Waals surface area (Å²) in [7, 11) is 5.63. The van der Waals surface area contributed by atoms with Crippen LogP contribution in [0.2, 0.25) is 0 Å². The second-order valence-electron chi connectivity index (χ2n) is 8.53. The van der Waals surface area contributed by atoms with E-state index in [1.54, 1.807) is 7.11 Å². The number of anilines is 1. The molecule has 2 saturated carbocycles. The summed E-state index contributed by atoms with van der Waals surface area (Å²) in [5.74, 6) is 2.01. The van der Waals surface area contributed by atoms with Crippen molar-refractivity contribution in [3.8, 4) is 22.9 Å². The van der Waals surface area contributed by atoms with Crippen molar-refractivity contribution in [2.45, 2.75) is 25.4 Å². The predicted molar refractivity (Wildman–Crippen MR) is 116 cm³/mol. The number of pyridine rings is 1. The van der Waals surface area contributed by atoms with E-state index >= 15 is 0 Å². The number of aromatic amines is 1. The largest absolute Gasteiger partial charge is 0.480 e. The summed E-state index contributed by atoms with van der Waals surface area (Å²) in [5, 5.41) is 3.83. The zero-order chi connectivity index (χ0) is 21.5. The molecule has 2 aliphatic carbocycles. The van der Waals surface area contributed by atoms with Crippen molar-refractivity contribution < 1.29 is 14.3 Å². The molecule has 31 heavy (non-hydrogen) atoms. The van der Waals surface area contributed by atoms with Crippen LogP contribution >= 0.6 is 0 Å². The van der Waals surface area contributed by atoms with Crippen LogP contribution in [-0.4, -0.2) is 64.6 Å². The van der Waals surface area contributed by atoms with Crippen LogP contribution in [0.15, 0.2) is 24.7 Å². The fourth-order valence-corrected chi connectivity index (χ4v) is 3.91. The van der Waals surface area contributed by atoms with Crippen LogP contribution in [0.1, 0.15) is 19.3 Å². The van der Waals surface area contributed by atoms with E-state index in [9.17, 15) is 4.79 Å². The number of amides is 1. The second-order valence-corrected chi connectivity index (χ2v) is 8.53. The maximum atomic E-state index is 12.5. The number of H-pyrrole nitrogens is 1. The standard InChI is InChI=1S/C22H26N6O3/c1-28(2)10-12-8-15(12)20(29)27-17-7-6-14-16(9-23-19(14)26-17)18-21(30-3)24-11-25-22(18)31-13-4-5-13/h6-7,9,11-13,15H,4-5,8,10H2,1-3H3,(H2,23,26,27,29)/t12-,15+/m1/s1. The Bertz CT molecular complexity index is 1120. The molecule has 0 aromatic carbocycles. The summed E-state index contributed by atoms with van der Waals surface area (Å²) >= 11 is 0. The number of rotatable bonds is 8. The number of nitrogens with one attached hydrogen (secondary N) is 2. The van der Waals surface area contributed by atoms with E-state index in [2.05, 4.69) is 30.2 Å². The Kier molecular flexibility index (Phi) is 4.97. The minimum Gasteiger partial charge on any atom is -0.480 e. The van der Waals surface area contributed by atoms with Gasteiger partial charge >= 0.3 is 0 Å². The van der Waals surface area contributed by atoms with Gasteiger partial charge in [0.25, 0.3) is 0 Å². The van der Waals surface area contributed by atoms with Gasteiger partial charge in [-0.3, -0.25) is 4.79 Å². The average Bonchev–Trinajstić information content (AvgIpc) is 3.66. The first-order chi connectivity index (χ1) is 15.0. The molecule has 162 valence electrons. The third-order valence-corrected chi connectivity index (χ3v) is 5.69. The summed E-state index contributed by atoms with van der Waals surface area (Å²) in [6, 6.07) is 3.75. The molecule has 2 N–H and O–H groups in total. The van der Waals surface area contributed by atoms with Crippen LogP contribution in [0.25, 0.3) is 22.2 Å². The van der Waals surface area contributed by atoms with Gasteiger partial charge in [0.15, 0.2) is 0 Å². The first kappa shape index (κ1) is 19.7. The van der Waals surface area contributed by atoms with E-state index < -0.39 is 0 Å². The number of aromatic nitrogens is 4. The molecule has 0 saturated heterocycles. The summed E-state index contributed by atoms with van der Waals surface area (Å²) in [6.07, 6.45) is 6.47. The molecule has 0 spiro atoms. The Morgan fingerprint density at radius 3 is 2.81 bits per heavy atom. The average molecular weight is 422 g/mol. The molecule has 3 aromatic heterocycles. The van der Waals surface area contributed by atoms with Gasteiger partial charge in [-0.25, -0.2) is 15.0 Å². The van der Waals surface area contributed by atoms with E-state index in [1.165, 1.54) is 6.33 Å². The maximum absolute atomic E-state index is 12.5. The van der Waals surface area contributed by atoms with Crippen molar-refractivity contribution in [2.75, 3.05) is 33.1 Å². The lowest BCUT2D eigenvalue weighted by Crippen LogP contribution is -2.20. The summed E-state index contributed by atoms with van der Waals surface area (Å²) in [5.41, 5.74) is 2.21. The molecule has 2 fully saturated rings. The highest BCUT2D eigenvalue weighted by Gasteiger charge is 2.43. The number of carbonyl (C=O) groups excluding carboxylic acids is 1. The maximum Gasteiger partial charge on any atom is 0.228 e. The highest BCUT2D eigenvalue weighted by Crippen LogP contribution is 2.42. The lowest BCUT2D eigenvalue weighted by Gasteiger charge is -2.12. The van der Waals surface area contributed by atoms with Crippen LogP contribution in [0, 0.1) is 11.8 Å². The SMILES string of the molecule is COc1ncnc(OC2CC2)c1-c1c[nH]c2nc(NC(=O)[C@H]3C[C@@H]3CN(C)C)ccc12. The van der Waals surface area contributed by atoms with E-state index in [0.717, 1.165) is 36.8 Å². The molecule has 1 amide bonds. The molecule has 0 unspecified atom stereocenters. The Labute approximate surface area is 180 Å². The van der Waals surface area contributed by atoms with E-state index in [0.29, 0.717) is 34.7 Å². The van der Waals surface area contributed by atoms with Gasteiger partial charge in [0.1, 0.15) is 29.5 Å². The van der Waals surface area contributed by atoms with Gasteiger partial charge < -0.3 is 24.7 Å². The monoisotopic (exact) mass is 422 g/mol. The Morgan fingerprint density at radius 1 is 1.26 bits per heavy atom. The fraction of sp³-hybridized carbons (Fsp3) is 0.455. The minimum atomic E-state index is 0.0312. The predicted octanol–water partition coefficient (Wildman–Crippen LogP) is 2.71. The zero-order valence-electron chi connectivity index (χ0n) is 17.9.